The Balaban J connectivity index is 2.72. The van der Waals surface area contributed by atoms with Crippen LogP contribution in [0.2, 0.25) is 0 Å². The Hall–Kier alpha value is -1.76. The van der Waals surface area contributed by atoms with Gasteiger partial charge in [0.05, 0.1) is 18.5 Å². The molecule has 0 saturated heterocycles. The summed E-state index contributed by atoms with van der Waals surface area (Å²) in [6, 6.07) is 3.56. The molecule has 0 radical (unpaired) electrons. The number of nitriles is 1. The molecule has 0 saturated carbocycles. The molecular formula is C10H13N3O. The van der Waals surface area contributed by atoms with Crippen LogP contribution in [-0.2, 0) is 0 Å². The van der Waals surface area contributed by atoms with Crippen molar-refractivity contribution in [2.45, 2.75) is 19.8 Å². The molecule has 0 spiro atoms. The van der Waals surface area contributed by atoms with Gasteiger partial charge < -0.3 is 10.5 Å². The summed E-state index contributed by atoms with van der Waals surface area (Å²) in [6.07, 6.45) is 3.50. The van der Waals surface area contributed by atoms with Crippen LogP contribution in [0.5, 0.6) is 5.88 Å². The van der Waals surface area contributed by atoms with Gasteiger partial charge in [-0.25, -0.2) is 4.98 Å². The van der Waals surface area contributed by atoms with E-state index in [4.69, 9.17) is 15.7 Å². The number of hydrogen-bond donors (Lipinski definition) is 1. The smallest absolute Gasteiger partial charge is 0.231 e. The Morgan fingerprint density at radius 1 is 1.64 bits per heavy atom. The lowest BCUT2D eigenvalue weighted by Gasteiger charge is -2.05. The van der Waals surface area contributed by atoms with Crippen molar-refractivity contribution in [3.8, 4) is 11.9 Å². The van der Waals surface area contributed by atoms with Crippen molar-refractivity contribution in [1.82, 2.24) is 4.98 Å². The molecule has 4 heteroatoms. The Kier molecular flexibility index (Phi) is 3.74. The summed E-state index contributed by atoms with van der Waals surface area (Å²) < 4.78 is 5.33. The van der Waals surface area contributed by atoms with Gasteiger partial charge in [-0.2, -0.15) is 5.26 Å². The number of unbranched alkanes of at least 4 members (excludes halogenated alkanes) is 1. The zero-order chi connectivity index (χ0) is 10.4. The average molecular weight is 191 g/mol. The third-order valence-electron chi connectivity index (χ3n) is 1.73. The minimum Gasteiger partial charge on any atom is -0.477 e. The molecule has 0 fully saturated rings. The van der Waals surface area contributed by atoms with Crippen LogP contribution in [0.15, 0.2) is 12.3 Å². The van der Waals surface area contributed by atoms with Gasteiger partial charge in [0, 0.05) is 0 Å². The molecule has 0 amide bonds. The Bertz CT molecular complexity index is 344. The molecule has 1 aromatic rings. The van der Waals surface area contributed by atoms with E-state index in [1.807, 2.05) is 6.07 Å². The topological polar surface area (TPSA) is 71.9 Å². The van der Waals surface area contributed by atoms with Gasteiger partial charge >= 0.3 is 0 Å². The van der Waals surface area contributed by atoms with Crippen molar-refractivity contribution in [3.63, 3.8) is 0 Å². The number of nitrogens with zero attached hydrogens (tertiary/aromatic N) is 2. The molecule has 74 valence electrons. The molecule has 0 atom stereocenters. The first-order valence-corrected chi connectivity index (χ1v) is 4.56. The van der Waals surface area contributed by atoms with Crippen molar-refractivity contribution in [2.24, 2.45) is 0 Å². The van der Waals surface area contributed by atoms with Gasteiger partial charge in [0.15, 0.2) is 0 Å². The Morgan fingerprint density at radius 3 is 3.07 bits per heavy atom. The van der Waals surface area contributed by atoms with E-state index in [0.29, 0.717) is 23.7 Å². The lowest BCUT2D eigenvalue weighted by atomic mass is 10.3. The van der Waals surface area contributed by atoms with Gasteiger partial charge in [0.25, 0.3) is 0 Å². The second kappa shape index (κ2) is 5.07. The normalized spacial score (nSPS) is 9.43. The maximum atomic E-state index is 8.77. The number of ether oxygens (including phenoxy) is 1. The number of aromatic nitrogens is 1. The SMILES string of the molecule is CCCCOc1ncc(N)cc1C#N. The molecule has 0 unspecified atom stereocenters. The van der Waals surface area contributed by atoms with Crippen molar-refractivity contribution in [2.75, 3.05) is 12.3 Å². The fourth-order valence-electron chi connectivity index (χ4n) is 0.977. The molecule has 2 N–H and O–H groups in total. The Labute approximate surface area is 83.3 Å². The van der Waals surface area contributed by atoms with Crippen molar-refractivity contribution < 1.29 is 4.74 Å². The van der Waals surface area contributed by atoms with E-state index < -0.39 is 0 Å². The van der Waals surface area contributed by atoms with Crippen molar-refractivity contribution in [1.29, 1.82) is 5.26 Å². The zero-order valence-electron chi connectivity index (χ0n) is 8.16. The minimum absolute atomic E-state index is 0.371. The highest BCUT2D eigenvalue weighted by molar-refractivity contribution is 5.48. The number of nitrogen functional groups attached to an aromatic ring is 1. The highest BCUT2D eigenvalue weighted by Crippen LogP contribution is 2.16. The summed E-state index contributed by atoms with van der Waals surface area (Å²) in [5.41, 5.74) is 6.35. The third-order valence-corrected chi connectivity index (χ3v) is 1.73. The largest absolute Gasteiger partial charge is 0.477 e. The zero-order valence-corrected chi connectivity index (χ0v) is 8.16. The maximum Gasteiger partial charge on any atom is 0.231 e. The van der Waals surface area contributed by atoms with Gasteiger partial charge in [0.2, 0.25) is 5.88 Å². The molecule has 0 aromatic carbocycles. The minimum atomic E-state index is 0.371. The first-order chi connectivity index (χ1) is 6.77. The molecule has 0 bridgehead atoms. The maximum absolute atomic E-state index is 8.77. The van der Waals surface area contributed by atoms with E-state index in [-0.39, 0.29) is 0 Å². The summed E-state index contributed by atoms with van der Waals surface area (Å²) >= 11 is 0. The fourth-order valence-corrected chi connectivity index (χ4v) is 0.977. The van der Waals surface area contributed by atoms with Gasteiger partial charge in [-0.05, 0) is 12.5 Å². The van der Waals surface area contributed by atoms with E-state index in [2.05, 4.69) is 11.9 Å². The molecule has 0 aliphatic rings. The van der Waals surface area contributed by atoms with Crippen LogP contribution < -0.4 is 10.5 Å². The summed E-state index contributed by atoms with van der Waals surface area (Å²) in [5, 5.41) is 8.77. The molecule has 0 aliphatic carbocycles. The monoisotopic (exact) mass is 191 g/mol. The van der Waals surface area contributed by atoms with Gasteiger partial charge in [-0.3, -0.25) is 0 Å². The molecule has 1 rings (SSSR count). The van der Waals surface area contributed by atoms with Gasteiger partial charge in [0.1, 0.15) is 11.6 Å². The van der Waals surface area contributed by atoms with Crippen LogP contribution in [0.3, 0.4) is 0 Å². The number of anilines is 1. The molecule has 4 nitrogen and oxygen atoms in total. The second-order valence-electron chi connectivity index (χ2n) is 2.94. The summed E-state index contributed by atoms with van der Waals surface area (Å²) in [4.78, 5) is 3.95. The van der Waals surface area contributed by atoms with Crippen molar-refractivity contribution >= 4 is 5.69 Å². The number of hydrogen-bond acceptors (Lipinski definition) is 4. The standard InChI is InChI=1S/C10H13N3O/c1-2-3-4-14-10-8(6-11)5-9(12)7-13-10/h5,7H,2-4,12H2,1H3. The van der Waals surface area contributed by atoms with Crippen LogP contribution >= 0.6 is 0 Å². The highest BCUT2D eigenvalue weighted by atomic mass is 16.5. The van der Waals surface area contributed by atoms with E-state index in [1.165, 1.54) is 6.20 Å². The lowest BCUT2D eigenvalue weighted by Crippen LogP contribution is -2.01. The first kappa shape index (κ1) is 10.3. The predicted octanol–water partition coefficient (Wildman–Crippen LogP) is 1.71. The Morgan fingerprint density at radius 2 is 2.43 bits per heavy atom. The third kappa shape index (κ3) is 2.63. The van der Waals surface area contributed by atoms with Crippen LogP contribution in [-0.4, -0.2) is 11.6 Å². The molecule has 1 aromatic heterocycles. The lowest BCUT2D eigenvalue weighted by molar-refractivity contribution is 0.297. The molecule has 14 heavy (non-hydrogen) atoms. The van der Waals surface area contributed by atoms with Gasteiger partial charge in [-0.1, -0.05) is 13.3 Å². The number of pyridine rings is 1. The first-order valence-electron chi connectivity index (χ1n) is 4.56. The summed E-state index contributed by atoms with van der Waals surface area (Å²) in [5.74, 6) is 0.371. The van der Waals surface area contributed by atoms with E-state index in [0.717, 1.165) is 12.8 Å². The molecule has 1 heterocycles. The molecular weight excluding hydrogens is 178 g/mol. The highest BCUT2D eigenvalue weighted by Gasteiger charge is 2.04. The summed E-state index contributed by atoms with van der Waals surface area (Å²) in [7, 11) is 0. The van der Waals surface area contributed by atoms with Crippen LogP contribution in [0.4, 0.5) is 5.69 Å². The molecule has 0 aliphatic heterocycles. The average Bonchev–Trinajstić information content (AvgIpc) is 2.20. The van der Waals surface area contributed by atoms with Crippen LogP contribution in [0.1, 0.15) is 25.3 Å². The second-order valence-corrected chi connectivity index (χ2v) is 2.94. The van der Waals surface area contributed by atoms with Crippen molar-refractivity contribution in [3.05, 3.63) is 17.8 Å². The summed E-state index contributed by atoms with van der Waals surface area (Å²) in [6.45, 7) is 2.66. The van der Waals surface area contributed by atoms with E-state index in [9.17, 15) is 0 Å². The van der Waals surface area contributed by atoms with Gasteiger partial charge in [-0.15, -0.1) is 0 Å². The van der Waals surface area contributed by atoms with E-state index >= 15 is 0 Å². The van der Waals surface area contributed by atoms with Crippen LogP contribution in [0.25, 0.3) is 0 Å². The number of nitrogens with two attached hydrogens (primary N) is 1. The number of rotatable bonds is 4. The fraction of sp³-hybridized carbons (Fsp3) is 0.400. The van der Waals surface area contributed by atoms with E-state index in [1.54, 1.807) is 6.07 Å². The van der Waals surface area contributed by atoms with Crippen LogP contribution in [0, 0.1) is 11.3 Å². The predicted molar refractivity (Wildman–Crippen MR) is 53.8 cm³/mol. The quantitative estimate of drug-likeness (QED) is 0.735.